The second-order valence-electron chi connectivity index (χ2n) is 5.85. The number of amides is 1. The average molecular weight is 336 g/mol. The van der Waals surface area contributed by atoms with Crippen LogP contribution in [0.5, 0.6) is 11.5 Å². The van der Waals surface area contributed by atoms with Gasteiger partial charge in [0.1, 0.15) is 23.0 Å². The lowest BCUT2D eigenvalue weighted by Gasteiger charge is -2.07. The van der Waals surface area contributed by atoms with Crippen molar-refractivity contribution in [1.29, 1.82) is 0 Å². The summed E-state index contributed by atoms with van der Waals surface area (Å²) >= 11 is 0. The van der Waals surface area contributed by atoms with E-state index in [0.717, 1.165) is 16.7 Å². The Morgan fingerprint density at radius 2 is 1.80 bits per heavy atom. The third kappa shape index (κ3) is 3.40. The fourth-order valence-corrected chi connectivity index (χ4v) is 2.59. The number of hydrogen-bond donors (Lipinski definition) is 1. The Morgan fingerprint density at radius 1 is 1.00 bits per heavy atom. The smallest absolute Gasteiger partial charge is 0.275 e. The zero-order valence-corrected chi connectivity index (χ0v) is 14.7. The van der Waals surface area contributed by atoms with Crippen molar-refractivity contribution in [3.05, 3.63) is 64.3 Å². The van der Waals surface area contributed by atoms with Crippen molar-refractivity contribution in [2.75, 3.05) is 14.2 Å². The van der Waals surface area contributed by atoms with Gasteiger partial charge in [0, 0.05) is 11.1 Å². The van der Waals surface area contributed by atoms with Gasteiger partial charge in [-0.2, -0.15) is 0 Å². The molecule has 5 nitrogen and oxygen atoms in total. The zero-order chi connectivity index (χ0) is 18.0. The van der Waals surface area contributed by atoms with E-state index in [1.54, 1.807) is 32.4 Å². The van der Waals surface area contributed by atoms with Gasteiger partial charge in [-0.3, -0.25) is 4.79 Å². The molecule has 0 unspecified atom stereocenters. The SMILES string of the molecule is COc1ccc(OC)c(/C=C2\N=C(c3ccc(C)c(C)c3)NC2=O)c1. The molecule has 1 aliphatic rings. The molecule has 0 aromatic heterocycles. The molecule has 3 rings (SSSR count). The molecule has 1 heterocycles. The predicted molar refractivity (Wildman–Crippen MR) is 98.1 cm³/mol. The minimum Gasteiger partial charge on any atom is -0.497 e. The molecule has 2 aromatic carbocycles. The van der Waals surface area contributed by atoms with Crippen molar-refractivity contribution in [2.45, 2.75) is 13.8 Å². The van der Waals surface area contributed by atoms with Crippen molar-refractivity contribution in [3.8, 4) is 11.5 Å². The quantitative estimate of drug-likeness (QED) is 0.872. The van der Waals surface area contributed by atoms with Gasteiger partial charge < -0.3 is 14.8 Å². The van der Waals surface area contributed by atoms with E-state index in [-0.39, 0.29) is 5.91 Å². The predicted octanol–water partition coefficient (Wildman–Crippen LogP) is 3.24. The van der Waals surface area contributed by atoms with E-state index in [4.69, 9.17) is 9.47 Å². The van der Waals surface area contributed by atoms with Crippen LogP contribution >= 0.6 is 0 Å². The minimum atomic E-state index is -0.238. The number of aliphatic imine (C=N–C) groups is 1. The third-order valence-electron chi connectivity index (χ3n) is 4.21. The summed E-state index contributed by atoms with van der Waals surface area (Å²) < 4.78 is 10.6. The Bertz CT molecular complexity index is 898. The number of nitrogens with one attached hydrogen (secondary N) is 1. The Kier molecular flexibility index (Phi) is 4.57. The van der Waals surface area contributed by atoms with Crippen LogP contribution in [0.2, 0.25) is 0 Å². The van der Waals surface area contributed by atoms with E-state index in [0.29, 0.717) is 23.0 Å². The summed E-state index contributed by atoms with van der Waals surface area (Å²) in [5.41, 5.74) is 4.31. The van der Waals surface area contributed by atoms with Gasteiger partial charge in [0.2, 0.25) is 0 Å². The number of benzene rings is 2. The van der Waals surface area contributed by atoms with Gasteiger partial charge in [0.05, 0.1) is 14.2 Å². The molecule has 0 atom stereocenters. The topological polar surface area (TPSA) is 59.9 Å². The molecule has 1 N–H and O–H groups in total. The molecule has 0 saturated carbocycles. The van der Waals surface area contributed by atoms with E-state index in [1.807, 2.05) is 31.2 Å². The monoisotopic (exact) mass is 336 g/mol. The summed E-state index contributed by atoms with van der Waals surface area (Å²) in [5, 5.41) is 2.82. The van der Waals surface area contributed by atoms with Crippen LogP contribution in [0, 0.1) is 13.8 Å². The first-order valence-electron chi connectivity index (χ1n) is 7.93. The fraction of sp³-hybridized carbons (Fsp3) is 0.200. The number of aryl methyl sites for hydroxylation is 2. The highest BCUT2D eigenvalue weighted by Gasteiger charge is 2.22. The molecule has 1 aliphatic heterocycles. The standard InChI is InChI=1S/C20H20N2O3/c1-12-5-6-14(9-13(12)2)19-21-17(20(23)22-19)11-15-10-16(24-3)7-8-18(15)25-4/h5-11H,1-4H3,(H,21,22,23)/b17-11-. The third-order valence-corrected chi connectivity index (χ3v) is 4.21. The number of carbonyl (C=O) groups is 1. The minimum absolute atomic E-state index is 0.238. The number of methoxy groups -OCH3 is 2. The number of ether oxygens (including phenoxy) is 2. The number of rotatable bonds is 4. The van der Waals surface area contributed by atoms with Crippen LogP contribution in [-0.2, 0) is 4.79 Å². The molecule has 5 heteroatoms. The highest BCUT2D eigenvalue weighted by atomic mass is 16.5. The van der Waals surface area contributed by atoms with Crippen molar-refractivity contribution in [1.82, 2.24) is 5.32 Å². The summed E-state index contributed by atoms with van der Waals surface area (Å²) in [7, 11) is 3.18. The van der Waals surface area contributed by atoms with E-state index in [1.165, 1.54) is 5.56 Å². The highest BCUT2D eigenvalue weighted by Crippen LogP contribution is 2.27. The second-order valence-corrected chi connectivity index (χ2v) is 5.85. The van der Waals surface area contributed by atoms with Crippen molar-refractivity contribution >= 4 is 17.8 Å². The van der Waals surface area contributed by atoms with Gasteiger partial charge in [-0.25, -0.2) is 4.99 Å². The van der Waals surface area contributed by atoms with Gasteiger partial charge in [0.25, 0.3) is 5.91 Å². The molecule has 0 fully saturated rings. The lowest BCUT2D eigenvalue weighted by molar-refractivity contribution is -0.115. The van der Waals surface area contributed by atoms with Crippen LogP contribution in [0.1, 0.15) is 22.3 Å². The molecule has 0 aliphatic carbocycles. The Balaban J connectivity index is 2.00. The Hall–Kier alpha value is -3.08. The first-order chi connectivity index (χ1) is 12.0. The molecule has 0 bridgehead atoms. The molecule has 1 amide bonds. The van der Waals surface area contributed by atoms with Crippen LogP contribution < -0.4 is 14.8 Å². The number of amidine groups is 1. The average Bonchev–Trinajstić information content (AvgIpc) is 2.98. The fourth-order valence-electron chi connectivity index (χ4n) is 2.59. The molecular weight excluding hydrogens is 316 g/mol. The summed E-state index contributed by atoms with van der Waals surface area (Å²) in [6, 6.07) is 11.4. The van der Waals surface area contributed by atoms with Gasteiger partial charge in [0.15, 0.2) is 0 Å². The van der Waals surface area contributed by atoms with Gasteiger partial charge in [-0.05, 0) is 55.3 Å². The molecular formula is C20H20N2O3. The number of nitrogens with zero attached hydrogens (tertiary/aromatic N) is 1. The van der Waals surface area contributed by atoms with Crippen LogP contribution in [0.4, 0.5) is 0 Å². The Morgan fingerprint density at radius 3 is 2.48 bits per heavy atom. The lowest BCUT2D eigenvalue weighted by atomic mass is 10.1. The normalized spacial score (nSPS) is 15.1. The molecule has 128 valence electrons. The lowest BCUT2D eigenvalue weighted by Crippen LogP contribution is -2.24. The van der Waals surface area contributed by atoms with Crippen LogP contribution in [-0.4, -0.2) is 26.0 Å². The Labute approximate surface area is 147 Å². The molecule has 0 radical (unpaired) electrons. The molecule has 0 saturated heterocycles. The number of carbonyl (C=O) groups excluding carboxylic acids is 1. The first-order valence-corrected chi connectivity index (χ1v) is 7.93. The summed E-state index contributed by atoms with van der Waals surface area (Å²) in [6.07, 6.45) is 1.70. The summed E-state index contributed by atoms with van der Waals surface area (Å²) in [5.74, 6) is 1.65. The second kappa shape index (κ2) is 6.81. The maximum absolute atomic E-state index is 12.3. The molecule has 0 spiro atoms. The van der Waals surface area contributed by atoms with Gasteiger partial charge in [-0.1, -0.05) is 12.1 Å². The van der Waals surface area contributed by atoms with Crippen molar-refractivity contribution in [2.24, 2.45) is 4.99 Å². The van der Waals surface area contributed by atoms with E-state index in [9.17, 15) is 4.79 Å². The maximum Gasteiger partial charge on any atom is 0.275 e. The largest absolute Gasteiger partial charge is 0.497 e. The summed E-state index contributed by atoms with van der Waals surface area (Å²) in [4.78, 5) is 16.8. The molecule has 25 heavy (non-hydrogen) atoms. The van der Waals surface area contributed by atoms with E-state index in [2.05, 4.69) is 17.2 Å². The van der Waals surface area contributed by atoms with E-state index >= 15 is 0 Å². The molecule has 2 aromatic rings. The number of hydrogen-bond acceptors (Lipinski definition) is 4. The van der Waals surface area contributed by atoms with Gasteiger partial charge in [-0.15, -0.1) is 0 Å². The van der Waals surface area contributed by atoms with Crippen LogP contribution in [0.3, 0.4) is 0 Å². The van der Waals surface area contributed by atoms with Crippen molar-refractivity contribution in [3.63, 3.8) is 0 Å². The highest BCUT2D eigenvalue weighted by molar-refractivity contribution is 6.19. The van der Waals surface area contributed by atoms with E-state index < -0.39 is 0 Å². The first kappa shape index (κ1) is 16.8. The van der Waals surface area contributed by atoms with Gasteiger partial charge >= 0.3 is 0 Å². The van der Waals surface area contributed by atoms with Crippen LogP contribution in [0.25, 0.3) is 6.08 Å². The van der Waals surface area contributed by atoms with Crippen molar-refractivity contribution < 1.29 is 14.3 Å². The maximum atomic E-state index is 12.3. The zero-order valence-electron chi connectivity index (χ0n) is 14.7. The summed E-state index contributed by atoms with van der Waals surface area (Å²) in [6.45, 7) is 4.09. The van der Waals surface area contributed by atoms with Crippen LogP contribution in [0.15, 0.2) is 47.1 Å².